The fourth-order valence-electron chi connectivity index (χ4n) is 3.44. The number of pyridine rings is 1. The standard InChI is InChI=1S/C17H23BFN3O2/c1-6-22-15-10(9-21-22)8-20-14(13(15)19)11-7-12(11)18-23-16(2,3)17(4,5)24-18/h8-9,11-12H,6-7H2,1-5H3/t11?,12-/m0/s1. The summed E-state index contributed by atoms with van der Waals surface area (Å²) >= 11 is 0. The van der Waals surface area contributed by atoms with Gasteiger partial charge in [0.25, 0.3) is 0 Å². The highest BCUT2D eigenvalue weighted by atomic mass is 19.1. The van der Waals surface area contributed by atoms with Gasteiger partial charge in [-0.3, -0.25) is 9.67 Å². The van der Waals surface area contributed by atoms with Crippen LogP contribution >= 0.6 is 0 Å². The van der Waals surface area contributed by atoms with Gasteiger partial charge in [0.2, 0.25) is 0 Å². The fraction of sp³-hybridized carbons (Fsp3) is 0.647. The summed E-state index contributed by atoms with van der Waals surface area (Å²) in [5.74, 6) is -0.0522. The second-order valence-electron chi connectivity index (χ2n) is 7.85. The molecule has 1 aliphatic heterocycles. The van der Waals surface area contributed by atoms with E-state index >= 15 is 4.39 Å². The first-order chi connectivity index (χ1) is 11.2. The maximum absolute atomic E-state index is 15.0. The van der Waals surface area contributed by atoms with Gasteiger partial charge in [0.05, 0.1) is 23.1 Å². The molecule has 0 spiro atoms. The number of hydrogen-bond donors (Lipinski definition) is 0. The van der Waals surface area contributed by atoms with Crippen LogP contribution in [0.4, 0.5) is 4.39 Å². The average molecular weight is 331 g/mol. The first kappa shape index (κ1) is 16.0. The summed E-state index contributed by atoms with van der Waals surface area (Å²) in [7, 11) is -0.298. The van der Waals surface area contributed by atoms with E-state index in [1.807, 2.05) is 34.6 Å². The lowest BCUT2D eigenvalue weighted by Crippen LogP contribution is -2.41. The Morgan fingerprint density at radius 3 is 2.54 bits per heavy atom. The lowest BCUT2D eigenvalue weighted by molar-refractivity contribution is 0.00578. The molecule has 1 aliphatic carbocycles. The first-order valence-electron chi connectivity index (χ1n) is 8.60. The Kier molecular flexibility index (Phi) is 3.35. The van der Waals surface area contributed by atoms with E-state index in [1.54, 1.807) is 17.1 Å². The van der Waals surface area contributed by atoms with Gasteiger partial charge in [-0.25, -0.2) is 4.39 Å². The van der Waals surface area contributed by atoms with Crippen LogP contribution < -0.4 is 0 Å². The number of aryl methyl sites for hydroxylation is 1. The fourth-order valence-corrected chi connectivity index (χ4v) is 3.44. The van der Waals surface area contributed by atoms with Gasteiger partial charge in [0.1, 0.15) is 5.52 Å². The molecule has 128 valence electrons. The lowest BCUT2D eigenvalue weighted by atomic mass is 9.80. The van der Waals surface area contributed by atoms with E-state index in [0.717, 1.165) is 11.8 Å². The molecule has 2 fully saturated rings. The third-order valence-electron chi connectivity index (χ3n) is 5.75. The minimum atomic E-state index is -0.360. The monoisotopic (exact) mass is 331 g/mol. The van der Waals surface area contributed by atoms with Gasteiger partial charge in [-0.1, -0.05) is 0 Å². The Bertz CT molecular complexity index is 788. The molecule has 2 aromatic rings. The van der Waals surface area contributed by atoms with Crippen molar-refractivity contribution in [3.05, 3.63) is 23.9 Å². The molecule has 1 saturated carbocycles. The smallest absolute Gasteiger partial charge is 0.403 e. The molecule has 0 radical (unpaired) electrons. The Balaban J connectivity index is 1.61. The van der Waals surface area contributed by atoms with Crippen LogP contribution in [0.15, 0.2) is 12.4 Å². The number of rotatable bonds is 3. The minimum Gasteiger partial charge on any atom is -0.403 e. The van der Waals surface area contributed by atoms with Gasteiger partial charge in [0.15, 0.2) is 5.82 Å². The summed E-state index contributed by atoms with van der Waals surface area (Å²) in [6.45, 7) is 10.7. The zero-order chi connectivity index (χ0) is 17.3. The number of fused-ring (bicyclic) bond motifs is 1. The van der Waals surface area contributed by atoms with Crippen molar-refractivity contribution in [2.75, 3.05) is 0 Å². The van der Waals surface area contributed by atoms with E-state index in [2.05, 4.69) is 10.1 Å². The average Bonchev–Trinajstić information content (AvgIpc) is 3.11. The molecule has 2 aliphatic rings. The van der Waals surface area contributed by atoms with Crippen LogP contribution in [-0.4, -0.2) is 33.1 Å². The predicted molar refractivity (Wildman–Crippen MR) is 90.4 cm³/mol. The van der Waals surface area contributed by atoms with E-state index in [-0.39, 0.29) is 35.9 Å². The van der Waals surface area contributed by atoms with E-state index < -0.39 is 0 Å². The highest BCUT2D eigenvalue weighted by Gasteiger charge is 2.60. The summed E-state index contributed by atoms with van der Waals surface area (Å²) < 4.78 is 28.9. The van der Waals surface area contributed by atoms with Gasteiger partial charge < -0.3 is 9.31 Å². The van der Waals surface area contributed by atoms with Crippen LogP contribution in [0.1, 0.15) is 52.7 Å². The summed E-state index contributed by atoms with van der Waals surface area (Å²) in [6.07, 6.45) is 4.22. The molecular weight excluding hydrogens is 308 g/mol. The number of nitrogens with zero attached hydrogens (tertiary/aromatic N) is 3. The molecule has 2 aromatic heterocycles. The van der Waals surface area contributed by atoms with Gasteiger partial charge in [-0.15, -0.1) is 0 Å². The largest absolute Gasteiger partial charge is 0.461 e. The number of aromatic nitrogens is 3. The maximum Gasteiger partial charge on any atom is 0.461 e. The van der Waals surface area contributed by atoms with Crippen molar-refractivity contribution < 1.29 is 13.7 Å². The van der Waals surface area contributed by atoms with Gasteiger partial charge in [-0.05, 0) is 41.0 Å². The molecule has 5 nitrogen and oxygen atoms in total. The van der Waals surface area contributed by atoms with Crippen LogP contribution in [0, 0.1) is 5.82 Å². The Labute approximate surface area is 141 Å². The van der Waals surface area contributed by atoms with E-state index in [0.29, 0.717) is 17.8 Å². The number of hydrogen-bond acceptors (Lipinski definition) is 4. The molecule has 4 rings (SSSR count). The van der Waals surface area contributed by atoms with Gasteiger partial charge in [-0.2, -0.15) is 5.10 Å². The van der Waals surface area contributed by atoms with Crippen molar-refractivity contribution in [3.8, 4) is 0 Å². The first-order valence-corrected chi connectivity index (χ1v) is 8.60. The third kappa shape index (κ3) is 2.21. The normalized spacial score (nSPS) is 27.8. The third-order valence-corrected chi connectivity index (χ3v) is 5.75. The predicted octanol–water partition coefficient (Wildman–Crippen LogP) is 3.54. The molecule has 0 aromatic carbocycles. The molecule has 3 heterocycles. The summed E-state index contributed by atoms with van der Waals surface area (Å²) in [5, 5.41) is 4.96. The Morgan fingerprint density at radius 1 is 1.25 bits per heavy atom. The Morgan fingerprint density at radius 2 is 1.92 bits per heavy atom. The molecule has 1 saturated heterocycles. The molecule has 0 amide bonds. The van der Waals surface area contributed by atoms with Crippen LogP contribution in [0.3, 0.4) is 0 Å². The van der Waals surface area contributed by atoms with Crippen LogP contribution in [-0.2, 0) is 15.9 Å². The summed E-state index contributed by atoms with van der Waals surface area (Å²) in [6, 6.07) is 0. The Hall–Kier alpha value is -1.47. The topological polar surface area (TPSA) is 49.2 Å². The van der Waals surface area contributed by atoms with E-state index in [4.69, 9.17) is 9.31 Å². The maximum atomic E-state index is 15.0. The van der Waals surface area contributed by atoms with E-state index in [9.17, 15) is 0 Å². The summed E-state index contributed by atoms with van der Waals surface area (Å²) in [4.78, 5) is 4.37. The van der Waals surface area contributed by atoms with Crippen molar-refractivity contribution in [3.63, 3.8) is 0 Å². The highest BCUT2D eigenvalue weighted by molar-refractivity contribution is 6.49. The quantitative estimate of drug-likeness (QED) is 0.807. The lowest BCUT2D eigenvalue weighted by Gasteiger charge is -2.32. The molecule has 7 heteroatoms. The SMILES string of the molecule is CCn1ncc2cnc(C3C[C@@H]3B3OC(C)(C)C(C)(C)O3)c(F)c21. The minimum absolute atomic E-state index is 0.0457. The summed E-state index contributed by atoms with van der Waals surface area (Å²) in [5.41, 5.74) is 0.336. The van der Waals surface area contributed by atoms with Crippen LogP contribution in [0.25, 0.3) is 10.9 Å². The van der Waals surface area contributed by atoms with Crippen molar-refractivity contribution in [1.82, 2.24) is 14.8 Å². The van der Waals surface area contributed by atoms with Crippen molar-refractivity contribution in [2.45, 2.75) is 70.5 Å². The second kappa shape index (κ2) is 5.02. The zero-order valence-corrected chi connectivity index (χ0v) is 14.8. The van der Waals surface area contributed by atoms with Gasteiger partial charge in [0, 0.05) is 29.9 Å². The zero-order valence-electron chi connectivity index (χ0n) is 14.8. The van der Waals surface area contributed by atoms with E-state index in [1.165, 1.54) is 0 Å². The molecule has 0 N–H and O–H groups in total. The molecule has 2 atom stereocenters. The molecule has 0 bridgehead atoms. The van der Waals surface area contributed by atoms with Gasteiger partial charge >= 0.3 is 7.12 Å². The molecular formula is C17H23BFN3O2. The highest BCUT2D eigenvalue weighted by Crippen LogP contribution is 2.58. The van der Waals surface area contributed by atoms with Crippen molar-refractivity contribution >= 4 is 18.0 Å². The molecule has 24 heavy (non-hydrogen) atoms. The van der Waals surface area contributed by atoms with Crippen molar-refractivity contribution in [2.24, 2.45) is 0 Å². The van der Waals surface area contributed by atoms with Crippen molar-refractivity contribution in [1.29, 1.82) is 0 Å². The van der Waals surface area contributed by atoms with Crippen LogP contribution in [0.5, 0.6) is 0 Å². The second-order valence-corrected chi connectivity index (χ2v) is 7.85. The molecule has 1 unspecified atom stereocenters. The van der Waals surface area contributed by atoms with Crippen LogP contribution in [0.2, 0.25) is 5.82 Å². The number of halogens is 1.